The van der Waals surface area contributed by atoms with Crippen molar-refractivity contribution in [3.63, 3.8) is 0 Å². The summed E-state index contributed by atoms with van der Waals surface area (Å²) in [6, 6.07) is 18.5. The fourth-order valence-corrected chi connectivity index (χ4v) is 5.90. The number of ether oxygens (including phenoxy) is 2. The maximum absolute atomic E-state index is 14.1. The highest BCUT2D eigenvalue weighted by molar-refractivity contribution is 7.92. The molecule has 1 atom stereocenters. The molecule has 0 fully saturated rings. The minimum Gasteiger partial charge on any atom is -0.497 e. The fourth-order valence-electron chi connectivity index (χ4n) is 4.36. The van der Waals surface area contributed by atoms with Crippen molar-refractivity contribution >= 4 is 39.1 Å². The van der Waals surface area contributed by atoms with Crippen molar-refractivity contribution in [1.82, 2.24) is 10.2 Å². The molecule has 0 bridgehead atoms. The van der Waals surface area contributed by atoms with E-state index in [1.807, 2.05) is 26.0 Å². The number of carbonyl (C=O) groups is 2. The normalized spacial score (nSPS) is 11.8. The molecule has 0 aliphatic rings. The topological polar surface area (TPSA) is 105 Å². The zero-order valence-corrected chi connectivity index (χ0v) is 26.0. The Morgan fingerprint density at radius 3 is 1.98 bits per heavy atom. The number of amides is 2. The van der Waals surface area contributed by atoms with Gasteiger partial charge in [-0.3, -0.25) is 13.9 Å². The third-order valence-corrected chi connectivity index (χ3v) is 8.81. The predicted molar refractivity (Wildman–Crippen MR) is 165 cm³/mol. The molecule has 0 spiro atoms. The number of carbonyl (C=O) groups excluding carboxylic acids is 2. The summed E-state index contributed by atoms with van der Waals surface area (Å²) < 4.78 is 39.3. The van der Waals surface area contributed by atoms with Crippen LogP contribution in [0.15, 0.2) is 77.7 Å². The third-order valence-electron chi connectivity index (χ3n) is 6.77. The summed E-state index contributed by atoms with van der Waals surface area (Å²) in [4.78, 5) is 28.8. The van der Waals surface area contributed by atoms with E-state index in [0.29, 0.717) is 29.5 Å². The van der Waals surface area contributed by atoms with Crippen molar-refractivity contribution in [1.29, 1.82) is 0 Å². The monoisotopic (exact) mass is 615 g/mol. The van der Waals surface area contributed by atoms with Gasteiger partial charge in [0.2, 0.25) is 11.8 Å². The van der Waals surface area contributed by atoms with Gasteiger partial charge >= 0.3 is 0 Å². The van der Waals surface area contributed by atoms with Crippen molar-refractivity contribution in [2.24, 2.45) is 0 Å². The Labute approximate surface area is 253 Å². The lowest BCUT2D eigenvalue weighted by Crippen LogP contribution is -2.52. The molecule has 11 heteroatoms. The van der Waals surface area contributed by atoms with E-state index in [0.717, 1.165) is 22.7 Å². The van der Waals surface area contributed by atoms with Crippen LogP contribution < -0.4 is 19.1 Å². The number of hydrogen-bond acceptors (Lipinski definition) is 6. The molecule has 0 unspecified atom stereocenters. The summed E-state index contributed by atoms with van der Waals surface area (Å²) in [5.74, 6) is 0.327. The summed E-state index contributed by atoms with van der Waals surface area (Å²) in [5, 5.41) is 3.34. The minimum atomic E-state index is -4.20. The minimum absolute atomic E-state index is 0.0166. The average Bonchev–Trinajstić information content (AvgIpc) is 3.00. The molecule has 3 rings (SSSR count). The van der Waals surface area contributed by atoms with Gasteiger partial charge in [-0.2, -0.15) is 0 Å². The van der Waals surface area contributed by atoms with Gasteiger partial charge in [0, 0.05) is 18.1 Å². The first kappa shape index (κ1) is 32.8. The highest BCUT2D eigenvalue weighted by Crippen LogP contribution is 2.27. The number of hydrogen-bond donors (Lipinski definition) is 1. The molecule has 42 heavy (non-hydrogen) atoms. The second kappa shape index (κ2) is 15.5. The molecule has 0 saturated carbocycles. The third kappa shape index (κ3) is 8.39. The number of methoxy groups -OCH3 is 2. The van der Waals surface area contributed by atoms with Gasteiger partial charge in [0.15, 0.2) is 0 Å². The maximum atomic E-state index is 14.1. The van der Waals surface area contributed by atoms with E-state index in [9.17, 15) is 18.0 Å². The van der Waals surface area contributed by atoms with Crippen LogP contribution in [-0.2, 0) is 26.2 Å². The van der Waals surface area contributed by atoms with Crippen LogP contribution in [0.25, 0.3) is 0 Å². The molecule has 0 aliphatic carbocycles. The summed E-state index contributed by atoms with van der Waals surface area (Å²) in [6.07, 6.45) is 2.05. The van der Waals surface area contributed by atoms with Crippen LogP contribution in [-0.4, -0.2) is 58.5 Å². The number of sulfonamides is 1. The molecule has 0 heterocycles. The van der Waals surface area contributed by atoms with Gasteiger partial charge in [-0.05, 0) is 79.1 Å². The molecular weight excluding hydrogens is 578 g/mol. The first-order chi connectivity index (χ1) is 20.1. The SMILES string of the molecule is CCCCNC(=O)[C@H](CC)N(Cc1ccc(OC)cc1)C(=O)CN(c1ccc(Cl)cc1)S(=O)(=O)c1ccc(OC)cc1. The number of nitrogens with one attached hydrogen (secondary N) is 1. The van der Waals surface area contributed by atoms with Crippen LogP contribution in [0.4, 0.5) is 5.69 Å². The highest BCUT2D eigenvalue weighted by atomic mass is 35.5. The van der Waals surface area contributed by atoms with E-state index < -0.39 is 28.5 Å². The van der Waals surface area contributed by atoms with Gasteiger partial charge in [-0.25, -0.2) is 8.42 Å². The Hall–Kier alpha value is -3.76. The molecule has 3 aromatic rings. The van der Waals surface area contributed by atoms with Gasteiger partial charge in [0.25, 0.3) is 10.0 Å². The molecule has 1 N–H and O–H groups in total. The van der Waals surface area contributed by atoms with E-state index >= 15 is 0 Å². The van der Waals surface area contributed by atoms with Crippen LogP contribution in [0.5, 0.6) is 11.5 Å². The summed E-state index contributed by atoms with van der Waals surface area (Å²) in [7, 11) is -1.15. The maximum Gasteiger partial charge on any atom is 0.264 e. The zero-order chi connectivity index (χ0) is 30.7. The zero-order valence-electron chi connectivity index (χ0n) is 24.4. The molecule has 0 aliphatic heterocycles. The second-order valence-electron chi connectivity index (χ2n) is 9.60. The largest absolute Gasteiger partial charge is 0.497 e. The van der Waals surface area contributed by atoms with Crippen molar-refractivity contribution < 1.29 is 27.5 Å². The molecule has 0 aromatic heterocycles. The lowest BCUT2D eigenvalue weighted by Gasteiger charge is -2.33. The highest BCUT2D eigenvalue weighted by Gasteiger charge is 2.33. The van der Waals surface area contributed by atoms with Crippen molar-refractivity contribution in [3.05, 3.63) is 83.4 Å². The molecule has 0 radical (unpaired) electrons. The Morgan fingerprint density at radius 1 is 0.881 bits per heavy atom. The number of rotatable bonds is 15. The van der Waals surface area contributed by atoms with Crippen LogP contribution >= 0.6 is 11.6 Å². The Balaban J connectivity index is 2.02. The lowest BCUT2D eigenvalue weighted by molar-refractivity contribution is -0.140. The van der Waals surface area contributed by atoms with Gasteiger partial charge in [-0.15, -0.1) is 0 Å². The van der Waals surface area contributed by atoms with E-state index in [2.05, 4.69) is 5.32 Å². The van der Waals surface area contributed by atoms with Crippen LogP contribution in [0.2, 0.25) is 5.02 Å². The molecule has 2 amide bonds. The smallest absolute Gasteiger partial charge is 0.264 e. The van der Waals surface area contributed by atoms with E-state index in [1.54, 1.807) is 55.6 Å². The predicted octanol–water partition coefficient (Wildman–Crippen LogP) is 5.28. The quantitative estimate of drug-likeness (QED) is 0.233. The summed E-state index contributed by atoms with van der Waals surface area (Å²) in [6.45, 7) is 3.89. The molecule has 9 nitrogen and oxygen atoms in total. The summed E-state index contributed by atoms with van der Waals surface area (Å²) >= 11 is 6.09. The van der Waals surface area contributed by atoms with Gasteiger partial charge in [-0.1, -0.05) is 44.0 Å². The Bertz CT molecular complexity index is 1410. The van der Waals surface area contributed by atoms with Crippen LogP contribution in [0.3, 0.4) is 0 Å². The van der Waals surface area contributed by atoms with Crippen molar-refractivity contribution in [3.8, 4) is 11.5 Å². The lowest BCUT2D eigenvalue weighted by atomic mass is 10.1. The second-order valence-corrected chi connectivity index (χ2v) is 11.9. The first-order valence-electron chi connectivity index (χ1n) is 13.8. The number of unbranched alkanes of at least 4 members (excludes halogenated alkanes) is 1. The van der Waals surface area contributed by atoms with Crippen LogP contribution in [0, 0.1) is 0 Å². The number of benzene rings is 3. The number of halogens is 1. The van der Waals surface area contributed by atoms with E-state index in [1.165, 1.54) is 24.1 Å². The van der Waals surface area contributed by atoms with Crippen molar-refractivity contribution in [2.75, 3.05) is 31.6 Å². The van der Waals surface area contributed by atoms with E-state index in [4.69, 9.17) is 21.1 Å². The molecule has 226 valence electrons. The number of anilines is 1. The average molecular weight is 616 g/mol. The number of nitrogens with zero attached hydrogens (tertiary/aromatic N) is 2. The van der Waals surface area contributed by atoms with Crippen LogP contribution in [0.1, 0.15) is 38.7 Å². The van der Waals surface area contributed by atoms with E-state index in [-0.39, 0.29) is 23.0 Å². The summed E-state index contributed by atoms with van der Waals surface area (Å²) in [5.41, 5.74) is 1.02. The molecule has 0 saturated heterocycles. The van der Waals surface area contributed by atoms with Gasteiger partial charge in [0.1, 0.15) is 24.1 Å². The van der Waals surface area contributed by atoms with Gasteiger partial charge in [0.05, 0.1) is 24.8 Å². The molecule has 3 aromatic carbocycles. The first-order valence-corrected chi connectivity index (χ1v) is 15.6. The van der Waals surface area contributed by atoms with Crippen molar-refractivity contribution in [2.45, 2.75) is 50.6 Å². The Kier molecular flexibility index (Phi) is 12.1. The fraction of sp³-hybridized carbons (Fsp3) is 0.355. The standard InChI is InChI=1S/C31H38ClN3O6S/c1-5-7-20-33-31(37)29(6-2)34(21-23-8-14-26(40-3)15-9-23)30(36)22-35(25-12-10-24(32)11-13-25)42(38,39)28-18-16-27(41-4)17-19-28/h8-19,29H,5-7,20-22H2,1-4H3,(H,33,37)/t29-/m0/s1. The molecular formula is C31H38ClN3O6S. The van der Waals surface area contributed by atoms with Gasteiger partial charge < -0.3 is 19.7 Å². The Morgan fingerprint density at radius 2 is 1.45 bits per heavy atom.